The third kappa shape index (κ3) is 3.20. The van der Waals surface area contributed by atoms with Crippen molar-refractivity contribution in [2.24, 2.45) is 0 Å². The van der Waals surface area contributed by atoms with Crippen LogP contribution in [0.3, 0.4) is 0 Å². The summed E-state index contributed by atoms with van der Waals surface area (Å²) in [6.45, 7) is 4.25. The van der Waals surface area contributed by atoms with Crippen molar-refractivity contribution in [2.45, 2.75) is 32.7 Å². The Morgan fingerprint density at radius 2 is 2.05 bits per heavy atom. The van der Waals surface area contributed by atoms with E-state index in [1.165, 1.54) is 0 Å². The van der Waals surface area contributed by atoms with Crippen molar-refractivity contribution in [3.05, 3.63) is 28.5 Å². The molecule has 0 saturated heterocycles. The van der Waals surface area contributed by atoms with E-state index in [0.717, 1.165) is 35.0 Å². The zero-order chi connectivity index (χ0) is 13.7. The van der Waals surface area contributed by atoms with Gasteiger partial charge in [0.15, 0.2) is 0 Å². The summed E-state index contributed by atoms with van der Waals surface area (Å²) < 4.78 is 0. The Morgan fingerprint density at radius 1 is 1.26 bits per heavy atom. The van der Waals surface area contributed by atoms with Crippen molar-refractivity contribution >= 4 is 23.0 Å². The van der Waals surface area contributed by atoms with Crippen LogP contribution in [0, 0.1) is 0 Å². The van der Waals surface area contributed by atoms with Crippen molar-refractivity contribution in [2.75, 3.05) is 17.7 Å². The number of anilines is 2. The molecule has 0 fully saturated rings. The highest BCUT2D eigenvalue weighted by atomic mass is 32.1. The predicted octanol–water partition coefficient (Wildman–Crippen LogP) is 3.10. The maximum absolute atomic E-state index is 4.37. The number of thiazole rings is 1. The van der Waals surface area contributed by atoms with Gasteiger partial charge in [0.1, 0.15) is 23.0 Å². The van der Waals surface area contributed by atoms with Gasteiger partial charge in [0.2, 0.25) is 0 Å². The SMILES string of the molecule is CCCc1c(NC)ncnc1NC(C)c1nccs1. The second-order valence-corrected chi connectivity index (χ2v) is 5.21. The van der Waals surface area contributed by atoms with Gasteiger partial charge in [-0.25, -0.2) is 15.0 Å². The lowest BCUT2D eigenvalue weighted by molar-refractivity contribution is 0.839. The molecule has 1 unspecified atom stereocenters. The maximum Gasteiger partial charge on any atom is 0.135 e. The highest BCUT2D eigenvalue weighted by Crippen LogP contribution is 2.26. The largest absolute Gasteiger partial charge is 0.373 e. The van der Waals surface area contributed by atoms with Gasteiger partial charge in [0, 0.05) is 24.2 Å². The van der Waals surface area contributed by atoms with Crippen LogP contribution in [0.4, 0.5) is 11.6 Å². The van der Waals surface area contributed by atoms with Crippen LogP contribution in [0.1, 0.15) is 36.9 Å². The molecule has 102 valence electrons. The average molecular weight is 277 g/mol. The van der Waals surface area contributed by atoms with Crippen LogP contribution in [-0.2, 0) is 6.42 Å². The summed E-state index contributed by atoms with van der Waals surface area (Å²) in [5.41, 5.74) is 1.14. The smallest absolute Gasteiger partial charge is 0.135 e. The standard InChI is InChI=1S/C13H19N5S/c1-4-5-10-11(14-3)16-8-17-12(10)18-9(2)13-15-6-7-19-13/h6-9H,4-5H2,1-3H3,(H2,14,16,17,18). The van der Waals surface area contributed by atoms with Crippen molar-refractivity contribution in [1.29, 1.82) is 0 Å². The first-order chi connectivity index (χ1) is 9.26. The van der Waals surface area contributed by atoms with Gasteiger partial charge >= 0.3 is 0 Å². The van der Waals surface area contributed by atoms with Gasteiger partial charge in [-0.15, -0.1) is 11.3 Å². The molecule has 5 nitrogen and oxygen atoms in total. The molecule has 2 N–H and O–H groups in total. The zero-order valence-corrected chi connectivity index (χ0v) is 12.3. The van der Waals surface area contributed by atoms with Crippen molar-refractivity contribution < 1.29 is 0 Å². The van der Waals surface area contributed by atoms with E-state index in [0.29, 0.717) is 0 Å². The zero-order valence-electron chi connectivity index (χ0n) is 11.5. The highest BCUT2D eigenvalue weighted by Gasteiger charge is 2.14. The van der Waals surface area contributed by atoms with E-state index in [4.69, 9.17) is 0 Å². The van der Waals surface area contributed by atoms with Gasteiger partial charge in [0.25, 0.3) is 0 Å². The normalized spacial score (nSPS) is 12.2. The first-order valence-corrected chi connectivity index (χ1v) is 7.31. The average Bonchev–Trinajstić information content (AvgIpc) is 2.95. The Balaban J connectivity index is 2.24. The van der Waals surface area contributed by atoms with E-state index in [1.807, 2.05) is 18.6 Å². The second kappa shape index (κ2) is 6.47. The van der Waals surface area contributed by atoms with Gasteiger partial charge in [0.05, 0.1) is 6.04 Å². The number of hydrogen-bond donors (Lipinski definition) is 2. The molecular weight excluding hydrogens is 258 g/mol. The molecule has 2 heterocycles. The monoisotopic (exact) mass is 277 g/mol. The molecule has 0 bridgehead atoms. The molecule has 0 radical (unpaired) electrons. The number of nitrogens with zero attached hydrogens (tertiary/aromatic N) is 3. The van der Waals surface area contributed by atoms with E-state index in [9.17, 15) is 0 Å². The molecule has 0 spiro atoms. The van der Waals surface area contributed by atoms with Crippen LogP contribution >= 0.6 is 11.3 Å². The second-order valence-electron chi connectivity index (χ2n) is 4.29. The number of rotatable bonds is 6. The molecule has 2 rings (SSSR count). The van der Waals surface area contributed by atoms with Gasteiger partial charge in [-0.05, 0) is 13.3 Å². The first kappa shape index (κ1) is 13.7. The van der Waals surface area contributed by atoms with Gasteiger partial charge in [-0.2, -0.15) is 0 Å². The molecule has 0 aliphatic rings. The first-order valence-electron chi connectivity index (χ1n) is 6.43. The van der Waals surface area contributed by atoms with E-state index in [2.05, 4.69) is 39.4 Å². The van der Waals surface area contributed by atoms with Crippen LogP contribution in [0.2, 0.25) is 0 Å². The number of aromatic nitrogens is 3. The summed E-state index contributed by atoms with van der Waals surface area (Å²) in [6, 6.07) is 0.148. The topological polar surface area (TPSA) is 62.7 Å². The van der Waals surface area contributed by atoms with Crippen LogP contribution in [-0.4, -0.2) is 22.0 Å². The molecule has 19 heavy (non-hydrogen) atoms. The third-order valence-electron chi connectivity index (χ3n) is 2.86. The van der Waals surface area contributed by atoms with Crippen LogP contribution in [0.5, 0.6) is 0 Å². The highest BCUT2D eigenvalue weighted by molar-refractivity contribution is 7.09. The minimum absolute atomic E-state index is 0.148. The Labute approximate surface area is 117 Å². The molecule has 0 saturated carbocycles. The quantitative estimate of drug-likeness (QED) is 0.849. The number of nitrogens with one attached hydrogen (secondary N) is 2. The van der Waals surface area contributed by atoms with Gasteiger partial charge in [-0.3, -0.25) is 0 Å². The molecule has 1 atom stereocenters. The Morgan fingerprint density at radius 3 is 2.68 bits per heavy atom. The molecule has 0 amide bonds. The Hall–Kier alpha value is -1.69. The van der Waals surface area contributed by atoms with E-state index < -0.39 is 0 Å². The maximum atomic E-state index is 4.37. The van der Waals surface area contributed by atoms with Gasteiger partial charge in [-0.1, -0.05) is 13.3 Å². The fourth-order valence-electron chi connectivity index (χ4n) is 1.95. The van der Waals surface area contributed by atoms with E-state index in [-0.39, 0.29) is 6.04 Å². The third-order valence-corrected chi connectivity index (χ3v) is 3.82. The molecule has 0 aromatic carbocycles. The molecule has 0 aliphatic carbocycles. The summed E-state index contributed by atoms with van der Waals surface area (Å²) >= 11 is 1.65. The summed E-state index contributed by atoms with van der Waals surface area (Å²) in [6.07, 6.45) is 5.42. The lowest BCUT2D eigenvalue weighted by atomic mass is 10.1. The van der Waals surface area contributed by atoms with Crippen molar-refractivity contribution in [1.82, 2.24) is 15.0 Å². The Bertz CT molecular complexity index is 512. The Kier molecular flexibility index (Phi) is 4.68. The molecule has 0 aliphatic heterocycles. The van der Waals surface area contributed by atoms with Crippen LogP contribution in [0.15, 0.2) is 17.9 Å². The molecule has 2 aromatic heterocycles. The number of hydrogen-bond acceptors (Lipinski definition) is 6. The van der Waals surface area contributed by atoms with Crippen molar-refractivity contribution in [3.8, 4) is 0 Å². The van der Waals surface area contributed by atoms with Crippen LogP contribution in [0.25, 0.3) is 0 Å². The van der Waals surface area contributed by atoms with E-state index in [1.54, 1.807) is 17.7 Å². The van der Waals surface area contributed by atoms with E-state index >= 15 is 0 Å². The lowest BCUT2D eigenvalue weighted by Crippen LogP contribution is -2.12. The molecule has 6 heteroatoms. The fraction of sp³-hybridized carbons (Fsp3) is 0.462. The summed E-state index contributed by atoms with van der Waals surface area (Å²) in [5.74, 6) is 1.79. The minimum Gasteiger partial charge on any atom is -0.373 e. The minimum atomic E-state index is 0.148. The predicted molar refractivity (Wildman–Crippen MR) is 79.7 cm³/mol. The molecule has 2 aromatic rings. The fourth-order valence-corrected chi connectivity index (χ4v) is 2.60. The van der Waals surface area contributed by atoms with Gasteiger partial charge < -0.3 is 10.6 Å². The lowest BCUT2D eigenvalue weighted by Gasteiger charge is -2.17. The van der Waals surface area contributed by atoms with Crippen LogP contribution < -0.4 is 10.6 Å². The molecular formula is C13H19N5S. The summed E-state index contributed by atoms with van der Waals surface area (Å²) in [4.78, 5) is 13.0. The summed E-state index contributed by atoms with van der Waals surface area (Å²) in [7, 11) is 1.88. The van der Waals surface area contributed by atoms with Crippen molar-refractivity contribution in [3.63, 3.8) is 0 Å². The summed E-state index contributed by atoms with van der Waals surface area (Å²) in [5, 5.41) is 9.60.